The van der Waals surface area contributed by atoms with Gasteiger partial charge in [0.2, 0.25) is 0 Å². The third-order valence-corrected chi connectivity index (χ3v) is 7.08. The van der Waals surface area contributed by atoms with Crippen LogP contribution in [-0.2, 0) is 16.2 Å². The molecule has 1 N–H and O–H groups in total. The molecule has 0 aromatic heterocycles. The molecule has 0 bridgehead atoms. The Kier molecular flexibility index (Phi) is 7.85. The minimum atomic E-state index is -0.827. The van der Waals surface area contributed by atoms with Gasteiger partial charge in [0, 0.05) is 5.02 Å². The number of anilines is 1. The van der Waals surface area contributed by atoms with Crippen molar-refractivity contribution in [3.63, 3.8) is 0 Å². The molecule has 1 saturated heterocycles. The van der Waals surface area contributed by atoms with Gasteiger partial charge in [-0.05, 0) is 100.0 Å². The quantitative estimate of drug-likeness (QED) is 0.136. The van der Waals surface area contributed by atoms with Gasteiger partial charge in [0.25, 0.3) is 11.8 Å². The standard InChI is InChI=1S/C30H22ClIN2O5/c1-2-38-26-16-19(14-24-28(35)33-30(37)34(29(24)36)23-11-9-22(31)10-12-23)15-25(32)27(26)39-17-18-7-8-20-5-3-4-6-21(20)13-18/h3-16H,2,17H2,1H3,(H,33,35,37)/b24-14+. The lowest BCUT2D eigenvalue weighted by Crippen LogP contribution is -2.54. The van der Waals surface area contributed by atoms with Crippen molar-refractivity contribution in [1.29, 1.82) is 0 Å². The molecule has 7 nitrogen and oxygen atoms in total. The first-order valence-electron chi connectivity index (χ1n) is 12.1. The third kappa shape index (κ3) is 5.76. The largest absolute Gasteiger partial charge is 0.490 e. The number of urea groups is 1. The van der Waals surface area contributed by atoms with Gasteiger partial charge in [0.1, 0.15) is 12.2 Å². The van der Waals surface area contributed by atoms with E-state index in [0.717, 1.165) is 24.8 Å². The van der Waals surface area contributed by atoms with Crippen LogP contribution in [0.15, 0.2) is 84.4 Å². The highest BCUT2D eigenvalue weighted by atomic mass is 127. The molecule has 4 aromatic carbocycles. The molecule has 0 spiro atoms. The van der Waals surface area contributed by atoms with Crippen LogP contribution >= 0.6 is 34.2 Å². The van der Waals surface area contributed by atoms with Crippen molar-refractivity contribution in [2.75, 3.05) is 11.5 Å². The van der Waals surface area contributed by atoms with Crippen LogP contribution in [0.25, 0.3) is 16.8 Å². The Balaban J connectivity index is 1.43. The summed E-state index contributed by atoms with van der Waals surface area (Å²) < 4.78 is 12.8. The lowest BCUT2D eigenvalue weighted by Gasteiger charge is -2.26. The molecule has 1 fully saturated rings. The first-order valence-corrected chi connectivity index (χ1v) is 13.5. The Morgan fingerprint density at radius 3 is 2.41 bits per heavy atom. The van der Waals surface area contributed by atoms with Crippen LogP contribution < -0.4 is 19.7 Å². The van der Waals surface area contributed by atoms with Crippen molar-refractivity contribution < 1.29 is 23.9 Å². The predicted molar refractivity (Wildman–Crippen MR) is 159 cm³/mol. The summed E-state index contributed by atoms with van der Waals surface area (Å²) in [5, 5.41) is 4.96. The van der Waals surface area contributed by atoms with Crippen molar-refractivity contribution >= 4 is 74.6 Å². The van der Waals surface area contributed by atoms with Gasteiger partial charge in [-0.3, -0.25) is 14.9 Å². The van der Waals surface area contributed by atoms with E-state index in [4.69, 9.17) is 21.1 Å². The highest BCUT2D eigenvalue weighted by Gasteiger charge is 2.36. The fourth-order valence-electron chi connectivity index (χ4n) is 4.21. The summed E-state index contributed by atoms with van der Waals surface area (Å²) in [7, 11) is 0. The van der Waals surface area contributed by atoms with Crippen LogP contribution in [0.1, 0.15) is 18.1 Å². The first kappa shape index (κ1) is 26.7. The number of carbonyl (C=O) groups is 3. The van der Waals surface area contributed by atoms with E-state index in [-0.39, 0.29) is 5.57 Å². The van der Waals surface area contributed by atoms with Gasteiger partial charge in [-0.2, -0.15) is 0 Å². The molecule has 1 heterocycles. The lowest BCUT2D eigenvalue weighted by molar-refractivity contribution is -0.122. The second kappa shape index (κ2) is 11.5. The Morgan fingerprint density at radius 1 is 0.923 bits per heavy atom. The molecular weight excluding hydrogens is 631 g/mol. The zero-order valence-electron chi connectivity index (χ0n) is 20.7. The maximum absolute atomic E-state index is 13.2. The number of carbonyl (C=O) groups excluding carboxylic acids is 3. The van der Waals surface area contributed by atoms with Gasteiger partial charge in [-0.1, -0.05) is 48.0 Å². The summed E-state index contributed by atoms with van der Waals surface area (Å²) in [4.78, 5) is 39.2. The van der Waals surface area contributed by atoms with E-state index in [1.54, 1.807) is 24.3 Å². The first-order chi connectivity index (χ1) is 18.8. The van der Waals surface area contributed by atoms with E-state index in [0.29, 0.717) is 41.0 Å². The number of benzene rings is 4. The molecule has 1 aliphatic heterocycles. The van der Waals surface area contributed by atoms with Gasteiger partial charge in [-0.25, -0.2) is 9.69 Å². The number of nitrogens with one attached hydrogen (secondary N) is 1. The number of rotatable bonds is 7. The minimum Gasteiger partial charge on any atom is -0.490 e. The average Bonchev–Trinajstić information content (AvgIpc) is 2.91. The summed E-state index contributed by atoms with van der Waals surface area (Å²) in [5.41, 5.74) is 1.66. The summed E-state index contributed by atoms with van der Waals surface area (Å²) in [6.45, 7) is 2.58. The molecule has 0 unspecified atom stereocenters. The topological polar surface area (TPSA) is 84.9 Å². The molecule has 0 aliphatic carbocycles. The summed E-state index contributed by atoms with van der Waals surface area (Å²) in [6, 6.07) is 23.1. The Hall–Kier alpha value is -3.89. The van der Waals surface area contributed by atoms with Crippen molar-refractivity contribution in [1.82, 2.24) is 5.32 Å². The summed E-state index contributed by atoms with van der Waals surface area (Å²) in [6.07, 6.45) is 1.44. The molecule has 196 valence electrons. The van der Waals surface area contributed by atoms with Gasteiger partial charge in [-0.15, -0.1) is 0 Å². The average molecular weight is 653 g/mol. The molecule has 4 aromatic rings. The SMILES string of the molecule is CCOc1cc(/C=C2\C(=O)NC(=O)N(c3ccc(Cl)cc3)C2=O)cc(I)c1OCc1ccc2ccccc2c1. The zero-order chi connectivity index (χ0) is 27.5. The van der Waals surface area contributed by atoms with E-state index in [9.17, 15) is 14.4 Å². The van der Waals surface area contributed by atoms with Crippen LogP contribution in [0.4, 0.5) is 10.5 Å². The molecule has 0 saturated carbocycles. The molecule has 0 atom stereocenters. The van der Waals surface area contributed by atoms with E-state index in [1.165, 1.54) is 18.2 Å². The highest BCUT2D eigenvalue weighted by Crippen LogP contribution is 2.36. The molecule has 5 rings (SSSR count). The van der Waals surface area contributed by atoms with Gasteiger partial charge < -0.3 is 9.47 Å². The van der Waals surface area contributed by atoms with Crippen molar-refractivity contribution in [2.24, 2.45) is 0 Å². The van der Waals surface area contributed by atoms with Crippen LogP contribution in [0, 0.1) is 3.57 Å². The third-order valence-electron chi connectivity index (χ3n) is 6.03. The fraction of sp³-hybridized carbons (Fsp3) is 0.100. The number of ether oxygens (including phenoxy) is 2. The van der Waals surface area contributed by atoms with Crippen molar-refractivity contribution in [3.8, 4) is 11.5 Å². The molecule has 9 heteroatoms. The Morgan fingerprint density at radius 2 is 1.67 bits per heavy atom. The zero-order valence-corrected chi connectivity index (χ0v) is 23.7. The molecule has 39 heavy (non-hydrogen) atoms. The monoisotopic (exact) mass is 652 g/mol. The molecule has 1 aliphatic rings. The maximum atomic E-state index is 13.2. The predicted octanol–water partition coefficient (Wildman–Crippen LogP) is 6.74. The smallest absolute Gasteiger partial charge is 0.335 e. The van der Waals surface area contributed by atoms with Crippen LogP contribution in [0.5, 0.6) is 11.5 Å². The number of fused-ring (bicyclic) bond motifs is 1. The fourth-order valence-corrected chi connectivity index (χ4v) is 5.11. The van der Waals surface area contributed by atoms with E-state index in [2.05, 4.69) is 52.2 Å². The number of halogens is 2. The van der Waals surface area contributed by atoms with E-state index >= 15 is 0 Å². The van der Waals surface area contributed by atoms with Crippen LogP contribution in [0.3, 0.4) is 0 Å². The van der Waals surface area contributed by atoms with Gasteiger partial charge in [0.05, 0.1) is 15.9 Å². The van der Waals surface area contributed by atoms with Crippen molar-refractivity contribution in [2.45, 2.75) is 13.5 Å². The van der Waals surface area contributed by atoms with Crippen LogP contribution in [-0.4, -0.2) is 24.5 Å². The number of imide groups is 2. The van der Waals surface area contributed by atoms with E-state index in [1.807, 2.05) is 25.1 Å². The number of hydrogen-bond acceptors (Lipinski definition) is 5. The second-order valence-corrected chi connectivity index (χ2v) is 10.3. The van der Waals surface area contributed by atoms with Crippen LogP contribution in [0.2, 0.25) is 5.02 Å². The van der Waals surface area contributed by atoms with Gasteiger partial charge >= 0.3 is 6.03 Å². The summed E-state index contributed by atoms with van der Waals surface area (Å²) >= 11 is 8.07. The minimum absolute atomic E-state index is 0.187. The number of barbiturate groups is 1. The van der Waals surface area contributed by atoms with E-state index < -0.39 is 17.8 Å². The number of hydrogen-bond donors (Lipinski definition) is 1. The second-order valence-electron chi connectivity index (χ2n) is 8.67. The normalized spacial score (nSPS) is 14.6. The molecule has 4 amide bonds. The Labute approximate surface area is 243 Å². The maximum Gasteiger partial charge on any atom is 0.335 e. The lowest BCUT2D eigenvalue weighted by atomic mass is 10.1. The molecular formula is C30H22ClIN2O5. The number of nitrogens with zero attached hydrogens (tertiary/aromatic N) is 1. The molecule has 0 radical (unpaired) electrons. The Bertz CT molecular complexity index is 1630. The highest BCUT2D eigenvalue weighted by molar-refractivity contribution is 14.1. The van der Waals surface area contributed by atoms with Gasteiger partial charge in [0.15, 0.2) is 11.5 Å². The van der Waals surface area contributed by atoms with Crippen molar-refractivity contribution in [3.05, 3.63) is 104 Å². The number of amides is 4. The summed E-state index contributed by atoms with van der Waals surface area (Å²) in [5.74, 6) is -0.480.